The van der Waals surface area contributed by atoms with E-state index in [0.717, 1.165) is 5.56 Å². The molecule has 0 aliphatic carbocycles. The van der Waals surface area contributed by atoms with E-state index in [-0.39, 0.29) is 5.69 Å². The van der Waals surface area contributed by atoms with E-state index in [9.17, 15) is 4.79 Å². The third-order valence-electron chi connectivity index (χ3n) is 2.58. The predicted octanol–water partition coefficient (Wildman–Crippen LogP) is 2.30. The number of carbonyl (C=O) groups is 1. The first kappa shape index (κ1) is 13.9. The van der Waals surface area contributed by atoms with Crippen molar-refractivity contribution in [2.24, 2.45) is 5.92 Å². The van der Waals surface area contributed by atoms with E-state index in [4.69, 9.17) is 5.11 Å². The van der Waals surface area contributed by atoms with Crippen LogP contribution in [0.1, 0.15) is 24.3 Å². The Morgan fingerprint density at radius 3 is 2.60 bits per heavy atom. The number of nitrogens with zero attached hydrogens (tertiary/aromatic N) is 3. The first-order chi connectivity index (χ1) is 9.56. The fourth-order valence-corrected chi connectivity index (χ4v) is 1.59. The standard InChI is InChI=1S/C14H16N4O2/c1-9(2)8-16-12-7-11(14(19)20)17-13(18-12)10-3-5-15-6-4-10/h3-7,9H,8H2,1-2H3,(H,19,20)(H,16,17,18). The van der Waals surface area contributed by atoms with Gasteiger partial charge in [-0.15, -0.1) is 0 Å². The van der Waals surface area contributed by atoms with E-state index >= 15 is 0 Å². The second kappa shape index (κ2) is 6.10. The summed E-state index contributed by atoms with van der Waals surface area (Å²) in [5.74, 6) is 0.245. The molecule has 0 radical (unpaired) electrons. The highest BCUT2D eigenvalue weighted by Gasteiger charge is 2.11. The Morgan fingerprint density at radius 1 is 1.30 bits per heavy atom. The number of hydrogen-bond donors (Lipinski definition) is 2. The second-order valence-corrected chi connectivity index (χ2v) is 4.78. The van der Waals surface area contributed by atoms with Crippen molar-refractivity contribution in [1.29, 1.82) is 0 Å². The summed E-state index contributed by atoms with van der Waals surface area (Å²) in [5, 5.41) is 12.2. The van der Waals surface area contributed by atoms with E-state index in [1.54, 1.807) is 24.5 Å². The first-order valence-electron chi connectivity index (χ1n) is 6.33. The third-order valence-corrected chi connectivity index (χ3v) is 2.58. The lowest BCUT2D eigenvalue weighted by Crippen LogP contribution is -2.12. The Bertz CT molecular complexity index is 599. The number of carboxylic acids is 1. The Balaban J connectivity index is 2.38. The maximum absolute atomic E-state index is 11.1. The van der Waals surface area contributed by atoms with Crippen LogP contribution in [0.5, 0.6) is 0 Å². The van der Waals surface area contributed by atoms with Crippen LogP contribution in [0.4, 0.5) is 5.82 Å². The molecule has 6 nitrogen and oxygen atoms in total. The topological polar surface area (TPSA) is 88.0 Å². The molecule has 104 valence electrons. The normalized spacial score (nSPS) is 10.6. The lowest BCUT2D eigenvalue weighted by Gasteiger charge is -2.10. The van der Waals surface area contributed by atoms with Crippen molar-refractivity contribution in [3.63, 3.8) is 0 Å². The fraction of sp³-hybridized carbons (Fsp3) is 0.286. The van der Waals surface area contributed by atoms with Gasteiger partial charge < -0.3 is 10.4 Å². The Labute approximate surface area is 116 Å². The molecule has 0 atom stereocenters. The molecule has 0 unspecified atom stereocenters. The van der Waals surface area contributed by atoms with Crippen molar-refractivity contribution in [3.05, 3.63) is 36.3 Å². The zero-order chi connectivity index (χ0) is 14.5. The Hall–Kier alpha value is -2.50. The van der Waals surface area contributed by atoms with E-state index < -0.39 is 5.97 Å². The highest BCUT2D eigenvalue weighted by atomic mass is 16.4. The van der Waals surface area contributed by atoms with Crippen molar-refractivity contribution in [2.45, 2.75) is 13.8 Å². The van der Waals surface area contributed by atoms with Crippen molar-refractivity contribution in [2.75, 3.05) is 11.9 Å². The number of carboxylic acid groups (broad SMARTS) is 1. The smallest absolute Gasteiger partial charge is 0.354 e. The van der Waals surface area contributed by atoms with E-state index in [1.807, 2.05) is 0 Å². The van der Waals surface area contributed by atoms with Crippen molar-refractivity contribution in [3.8, 4) is 11.4 Å². The molecule has 0 amide bonds. The molecule has 0 fully saturated rings. The molecule has 0 aromatic carbocycles. The maximum atomic E-state index is 11.1. The average Bonchev–Trinajstić information content (AvgIpc) is 2.45. The second-order valence-electron chi connectivity index (χ2n) is 4.78. The van der Waals surface area contributed by atoms with E-state index in [2.05, 4.69) is 34.1 Å². The fourth-order valence-electron chi connectivity index (χ4n) is 1.59. The van der Waals surface area contributed by atoms with E-state index in [1.165, 1.54) is 6.07 Å². The molecule has 2 heterocycles. The number of pyridine rings is 1. The molecule has 0 bridgehead atoms. The van der Waals surface area contributed by atoms with Gasteiger partial charge in [-0.25, -0.2) is 14.8 Å². The van der Waals surface area contributed by atoms with Gasteiger partial charge in [0.15, 0.2) is 11.5 Å². The highest BCUT2D eigenvalue weighted by Crippen LogP contribution is 2.17. The monoisotopic (exact) mass is 272 g/mol. The molecule has 2 N–H and O–H groups in total. The molecule has 2 rings (SSSR count). The number of anilines is 1. The number of rotatable bonds is 5. The van der Waals surface area contributed by atoms with Gasteiger partial charge in [0.1, 0.15) is 5.82 Å². The number of nitrogens with one attached hydrogen (secondary N) is 1. The molecule has 0 aliphatic rings. The zero-order valence-corrected chi connectivity index (χ0v) is 11.4. The van der Waals surface area contributed by atoms with Gasteiger partial charge in [0.25, 0.3) is 0 Å². The predicted molar refractivity (Wildman–Crippen MR) is 75.6 cm³/mol. The molecule has 2 aromatic rings. The molecule has 0 saturated carbocycles. The van der Waals surface area contributed by atoms with Crippen LogP contribution < -0.4 is 5.32 Å². The number of hydrogen-bond acceptors (Lipinski definition) is 5. The quantitative estimate of drug-likeness (QED) is 0.868. The Kier molecular flexibility index (Phi) is 4.24. The van der Waals surface area contributed by atoms with Crippen LogP contribution in [0, 0.1) is 5.92 Å². The SMILES string of the molecule is CC(C)CNc1cc(C(=O)O)nc(-c2ccncc2)n1. The summed E-state index contributed by atoms with van der Waals surface area (Å²) >= 11 is 0. The summed E-state index contributed by atoms with van der Waals surface area (Å²) < 4.78 is 0. The highest BCUT2D eigenvalue weighted by molar-refractivity contribution is 5.86. The number of aromatic carboxylic acids is 1. The average molecular weight is 272 g/mol. The van der Waals surface area contributed by atoms with Crippen molar-refractivity contribution >= 4 is 11.8 Å². The maximum Gasteiger partial charge on any atom is 0.354 e. The molecule has 6 heteroatoms. The summed E-state index contributed by atoms with van der Waals surface area (Å²) in [7, 11) is 0. The summed E-state index contributed by atoms with van der Waals surface area (Å²) in [6, 6.07) is 4.93. The van der Waals surface area contributed by atoms with Gasteiger partial charge in [0.2, 0.25) is 0 Å². The van der Waals surface area contributed by atoms with Crippen LogP contribution in [0.3, 0.4) is 0 Å². The minimum Gasteiger partial charge on any atom is -0.477 e. The van der Waals surface area contributed by atoms with E-state index in [0.29, 0.717) is 24.1 Å². The van der Waals surface area contributed by atoms with Gasteiger partial charge in [-0.05, 0) is 18.1 Å². The molecule has 0 saturated heterocycles. The summed E-state index contributed by atoms with van der Waals surface area (Å²) in [6.45, 7) is 4.85. The van der Waals surface area contributed by atoms with Gasteiger partial charge in [-0.3, -0.25) is 4.98 Å². The summed E-state index contributed by atoms with van der Waals surface area (Å²) in [6.07, 6.45) is 3.24. The van der Waals surface area contributed by atoms with Gasteiger partial charge >= 0.3 is 5.97 Å². The largest absolute Gasteiger partial charge is 0.477 e. The molecule has 0 aliphatic heterocycles. The van der Waals surface area contributed by atoms with Crippen LogP contribution >= 0.6 is 0 Å². The van der Waals surface area contributed by atoms with Crippen LogP contribution in [0.25, 0.3) is 11.4 Å². The lowest BCUT2D eigenvalue weighted by molar-refractivity contribution is 0.0690. The molecule has 2 aromatic heterocycles. The lowest BCUT2D eigenvalue weighted by atomic mass is 10.2. The zero-order valence-electron chi connectivity index (χ0n) is 11.4. The van der Waals surface area contributed by atoms with Crippen LogP contribution in [-0.2, 0) is 0 Å². The van der Waals surface area contributed by atoms with Gasteiger partial charge in [0, 0.05) is 30.6 Å². The Morgan fingerprint density at radius 2 is 2.00 bits per heavy atom. The van der Waals surface area contributed by atoms with Crippen LogP contribution in [-0.4, -0.2) is 32.6 Å². The summed E-state index contributed by atoms with van der Waals surface area (Å²) in [5.41, 5.74) is 0.703. The molecule has 20 heavy (non-hydrogen) atoms. The molecular weight excluding hydrogens is 256 g/mol. The molecular formula is C14H16N4O2. The minimum absolute atomic E-state index is 0.0296. The first-order valence-corrected chi connectivity index (χ1v) is 6.33. The van der Waals surface area contributed by atoms with Gasteiger partial charge in [0.05, 0.1) is 0 Å². The molecule has 0 spiro atoms. The van der Waals surface area contributed by atoms with Crippen LogP contribution in [0.2, 0.25) is 0 Å². The van der Waals surface area contributed by atoms with Crippen molar-refractivity contribution in [1.82, 2.24) is 15.0 Å². The number of aromatic nitrogens is 3. The summed E-state index contributed by atoms with van der Waals surface area (Å²) in [4.78, 5) is 23.5. The van der Waals surface area contributed by atoms with Crippen LogP contribution in [0.15, 0.2) is 30.6 Å². The third kappa shape index (κ3) is 3.50. The van der Waals surface area contributed by atoms with Gasteiger partial charge in [-0.1, -0.05) is 13.8 Å². The minimum atomic E-state index is -1.07. The van der Waals surface area contributed by atoms with Gasteiger partial charge in [-0.2, -0.15) is 0 Å². The van der Waals surface area contributed by atoms with Crippen molar-refractivity contribution < 1.29 is 9.90 Å².